The van der Waals surface area contributed by atoms with Gasteiger partial charge in [-0.05, 0) is 36.2 Å². The molecule has 2 aromatic carbocycles. The number of carbonyl (C=O) groups excluding carboxylic acids is 2. The molecule has 3 aromatic rings. The molecule has 8 nitrogen and oxygen atoms in total. The molecular weight excluding hydrogens is 560 g/mol. The maximum Gasteiger partial charge on any atom is 0.240 e. The van der Waals surface area contributed by atoms with Crippen molar-refractivity contribution in [2.45, 2.75) is 64.0 Å². The number of aromatic nitrogens is 2. The number of halogens is 1. The van der Waals surface area contributed by atoms with Crippen molar-refractivity contribution in [3.63, 3.8) is 0 Å². The Morgan fingerprint density at radius 3 is 2.66 bits per heavy atom. The minimum atomic E-state index is -0.369. The SMILES string of the molecule is CCCCCCNC(=O)CN1C(=O)CSC(c2ccc3c(c2)OCO3)c2c(C(C)(C)C)nn(-c3ccccc3Cl)c21. The summed E-state index contributed by atoms with van der Waals surface area (Å²) in [6.45, 7) is 9.13. The van der Waals surface area contributed by atoms with Gasteiger partial charge in [-0.15, -0.1) is 11.8 Å². The van der Waals surface area contributed by atoms with Crippen LogP contribution in [0, 0.1) is 0 Å². The molecule has 0 fully saturated rings. The van der Waals surface area contributed by atoms with Crippen LogP contribution in [0.3, 0.4) is 0 Å². The van der Waals surface area contributed by atoms with Crippen molar-refractivity contribution in [2.24, 2.45) is 0 Å². The molecule has 5 rings (SSSR count). The molecule has 1 N–H and O–H groups in total. The molecule has 1 aromatic heterocycles. The summed E-state index contributed by atoms with van der Waals surface area (Å²) in [7, 11) is 0. The van der Waals surface area contributed by atoms with Gasteiger partial charge in [0.1, 0.15) is 12.4 Å². The highest BCUT2D eigenvalue weighted by Gasteiger charge is 2.40. The zero-order valence-electron chi connectivity index (χ0n) is 24.0. The minimum absolute atomic E-state index is 0.103. The Balaban J connectivity index is 1.64. The van der Waals surface area contributed by atoms with Gasteiger partial charge >= 0.3 is 0 Å². The summed E-state index contributed by atoms with van der Waals surface area (Å²) in [5, 5.41) is 8.39. The molecule has 0 saturated carbocycles. The fraction of sp³-hybridized carbons (Fsp3) is 0.452. The molecule has 41 heavy (non-hydrogen) atoms. The summed E-state index contributed by atoms with van der Waals surface area (Å²) in [5.74, 6) is 1.79. The molecule has 0 saturated heterocycles. The van der Waals surface area contributed by atoms with Gasteiger partial charge in [-0.2, -0.15) is 5.10 Å². The van der Waals surface area contributed by atoms with Gasteiger partial charge in [-0.3, -0.25) is 14.5 Å². The van der Waals surface area contributed by atoms with Crippen molar-refractivity contribution in [3.05, 3.63) is 64.3 Å². The summed E-state index contributed by atoms with van der Waals surface area (Å²) in [6, 6.07) is 13.3. The number of hydrogen-bond donors (Lipinski definition) is 1. The number of ether oxygens (including phenoxy) is 2. The molecule has 10 heteroatoms. The fourth-order valence-corrected chi connectivity index (χ4v) is 6.59. The van der Waals surface area contributed by atoms with Crippen LogP contribution >= 0.6 is 23.4 Å². The van der Waals surface area contributed by atoms with Gasteiger partial charge in [0.25, 0.3) is 0 Å². The highest BCUT2D eigenvalue weighted by molar-refractivity contribution is 8.00. The van der Waals surface area contributed by atoms with Crippen molar-refractivity contribution >= 4 is 41.0 Å². The maximum absolute atomic E-state index is 13.8. The largest absolute Gasteiger partial charge is 0.454 e. The normalized spacial score (nSPS) is 16.5. The second kappa shape index (κ2) is 12.4. The van der Waals surface area contributed by atoms with E-state index in [0.717, 1.165) is 42.5 Å². The molecule has 1 atom stereocenters. The number of hydrogen-bond acceptors (Lipinski definition) is 6. The van der Waals surface area contributed by atoms with E-state index in [9.17, 15) is 9.59 Å². The van der Waals surface area contributed by atoms with E-state index in [-0.39, 0.29) is 41.6 Å². The zero-order valence-corrected chi connectivity index (χ0v) is 25.6. The number of amides is 2. The lowest BCUT2D eigenvalue weighted by Crippen LogP contribution is -2.42. The van der Waals surface area contributed by atoms with E-state index in [1.165, 1.54) is 11.8 Å². The molecule has 2 aliphatic heterocycles. The Morgan fingerprint density at radius 2 is 1.90 bits per heavy atom. The molecule has 0 bridgehead atoms. The van der Waals surface area contributed by atoms with Gasteiger partial charge < -0.3 is 14.8 Å². The summed E-state index contributed by atoms with van der Waals surface area (Å²) in [6.07, 6.45) is 4.23. The Bertz CT molecular complexity index is 1430. The van der Waals surface area contributed by atoms with E-state index < -0.39 is 0 Å². The summed E-state index contributed by atoms with van der Waals surface area (Å²) in [5.41, 5.74) is 2.98. The molecule has 0 aliphatic carbocycles. The number of carbonyl (C=O) groups is 2. The van der Waals surface area contributed by atoms with E-state index in [2.05, 4.69) is 33.0 Å². The number of anilines is 1. The second-order valence-electron chi connectivity index (χ2n) is 11.4. The first-order valence-electron chi connectivity index (χ1n) is 14.2. The van der Waals surface area contributed by atoms with Crippen molar-refractivity contribution < 1.29 is 19.1 Å². The maximum atomic E-state index is 13.8. The number of nitrogens with zero attached hydrogens (tertiary/aromatic N) is 3. The lowest BCUT2D eigenvalue weighted by atomic mass is 9.87. The Hall–Kier alpha value is -3.17. The van der Waals surface area contributed by atoms with Gasteiger partial charge in [0.05, 0.1) is 27.4 Å². The van der Waals surface area contributed by atoms with Crippen molar-refractivity contribution in [2.75, 3.05) is 30.5 Å². The zero-order chi connectivity index (χ0) is 29.1. The van der Waals surface area contributed by atoms with Crippen molar-refractivity contribution in [1.82, 2.24) is 15.1 Å². The highest BCUT2D eigenvalue weighted by Crippen LogP contribution is 2.50. The average molecular weight is 597 g/mol. The Labute approximate surface area is 250 Å². The minimum Gasteiger partial charge on any atom is -0.454 e. The molecule has 218 valence electrons. The van der Waals surface area contributed by atoms with Crippen LogP contribution in [0.15, 0.2) is 42.5 Å². The topological polar surface area (TPSA) is 85.7 Å². The molecule has 0 radical (unpaired) electrons. The third-order valence-electron chi connectivity index (χ3n) is 7.23. The van der Waals surface area contributed by atoms with E-state index in [1.54, 1.807) is 15.6 Å². The lowest BCUT2D eigenvalue weighted by molar-refractivity contribution is -0.122. The van der Waals surface area contributed by atoms with Crippen LogP contribution < -0.4 is 19.7 Å². The number of rotatable bonds is 9. The highest BCUT2D eigenvalue weighted by atomic mass is 35.5. The molecular formula is C31H37ClN4O4S. The predicted octanol–water partition coefficient (Wildman–Crippen LogP) is 6.42. The number of para-hydroxylation sites is 1. The summed E-state index contributed by atoms with van der Waals surface area (Å²) < 4.78 is 13.0. The summed E-state index contributed by atoms with van der Waals surface area (Å²) >= 11 is 8.23. The fourth-order valence-electron chi connectivity index (χ4n) is 5.18. The average Bonchev–Trinajstić information content (AvgIpc) is 3.54. The van der Waals surface area contributed by atoms with Crippen LogP contribution in [0.1, 0.15) is 75.4 Å². The van der Waals surface area contributed by atoms with Gasteiger partial charge in [-0.25, -0.2) is 4.68 Å². The molecule has 2 amide bonds. The molecule has 3 heterocycles. The molecule has 0 spiro atoms. The predicted molar refractivity (Wildman–Crippen MR) is 164 cm³/mol. The van der Waals surface area contributed by atoms with Crippen LogP contribution in [0.2, 0.25) is 5.02 Å². The van der Waals surface area contributed by atoms with Crippen LogP contribution in [0.4, 0.5) is 5.82 Å². The number of unbranched alkanes of at least 4 members (excludes halogenated alkanes) is 3. The van der Waals surface area contributed by atoms with Gasteiger partial charge in [0, 0.05) is 17.5 Å². The van der Waals surface area contributed by atoms with Gasteiger partial charge in [-0.1, -0.05) is 76.8 Å². The van der Waals surface area contributed by atoms with E-state index >= 15 is 0 Å². The lowest BCUT2D eigenvalue weighted by Gasteiger charge is -2.24. The van der Waals surface area contributed by atoms with E-state index in [4.69, 9.17) is 26.2 Å². The monoisotopic (exact) mass is 596 g/mol. The second-order valence-corrected chi connectivity index (χ2v) is 12.9. The molecule has 1 unspecified atom stereocenters. The van der Waals surface area contributed by atoms with E-state index in [1.807, 2.05) is 36.4 Å². The first kappa shape index (κ1) is 29.3. The third kappa shape index (κ3) is 6.21. The van der Waals surface area contributed by atoms with Crippen LogP contribution in [-0.2, 0) is 15.0 Å². The first-order chi connectivity index (χ1) is 19.7. The van der Waals surface area contributed by atoms with Crippen LogP contribution in [-0.4, -0.2) is 47.2 Å². The number of fused-ring (bicyclic) bond motifs is 2. The van der Waals surface area contributed by atoms with Crippen LogP contribution in [0.25, 0.3) is 5.69 Å². The first-order valence-corrected chi connectivity index (χ1v) is 15.6. The van der Waals surface area contributed by atoms with Crippen LogP contribution in [0.5, 0.6) is 11.5 Å². The van der Waals surface area contributed by atoms with Crippen molar-refractivity contribution in [1.29, 1.82) is 0 Å². The standard InChI is InChI=1S/C31H37ClN4O4S/c1-5-6-7-10-15-33-25(37)17-35-26(38)18-41-28(20-13-14-23-24(16-20)40-19-39-23)27-29(31(2,3)4)34-36(30(27)35)22-12-9-8-11-21(22)32/h8-9,11-14,16,28H,5-7,10,15,17-19H2,1-4H3,(H,33,37). The number of thioether (sulfide) groups is 1. The quantitative estimate of drug-likeness (QED) is 0.287. The Kier molecular flexibility index (Phi) is 8.85. The van der Waals surface area contributed by atoms with E-state index in [0.29, 0.717) is 34.6 Å². The summed E-state index contributed by atoms with van der Waals surface area (Å²) in [4.78, 5) is 28.6. The Morgan fingerprint density at radius 1 is 1.12 bits per heavy atom. The molecule has 2 aliphatic rings. The van der Waals surface area contributed by atoms with Gasteiger partial charge in [0.15, 0.2) is 11.5 Å². The number of benzene rings is 2. The number of nitrogens with one attached hydrogen (secondary N) is 1. The van der Waals surface area contributed by atoms with Gasteiger partial charge in [0.2, 0.25) is 18.6 Å². The smallest absolute Gasteiger partial charge is 0.240 e. The van der Waals surface area contributed by atoms with Crippen molar-refractivity contribution in [3.8, 4) is 17.2 Å². The third-order valence-corrected chi connectivity index (χ3v) is 8.81.